The Morgan fingerprint density at radius 2 is 0.917 bits per heavy atom. The van der Waals surface area contributed by atoms with E-state index in [1.165, 1.54) is 0 Å². The summed E-state index contributed by atoms with van der Waals surface area (Å²) in [5, 5.41) is 26.1. The highest BCUT2D eigenvalue weighted by Crippen LogP contribution is 2.28. The van der Waals surface area contributed by atoms with Crippen LogP contribution in [0, 0.1) is 27.7 Å². The summed E-state index contributed by atoms with van der Waals surface area (Å²) in [4.78, 5) is 58.3. The monoisotopic (exact) mass is 816 g/mol. The van der Waals surface area contributed by atoms with Crippen LogP contribution in [-0.4, -0.2) is 80.9 Å². The van der Waals surface area contributed by atoms with Crippen LogP contribution in [0.5, 0.6) is 11.5 Å². The van der Waals surface area contributed by atoms with Gasteiger partial charge in [-0.15, -0.1) is 0 Å². The molecule has 8 N–H and O–H groups in total. The number of nitrogens with one attached hydrogen (secondary N) is 2. The maximum atomic E-state index is 13.9. The molecule has 0 saturated carbocycles. The smallest absolute Gasteiger partial charge is 0.243 e. The molecular weight excluding hydrogens is 757 g/mol. The molecule has 0 aliphatic carbocycles. The fraction of sp³-hybridized carbons (Fsp3) is 0.417. The maximum Gasteiger partial charge on any atom is 0.243 e. The Labute approximate surface area is 353 Å². The minimum atomic E-state index is -0.853. The average Bonchev–Trinajstić information content (AvgIpc) is 3.22. The molecule has 2 aliphatic rings. The number of aromatic hydroxyl groups is 2. The summed E-state index contributed by atoms with van der Waals surface area (Å²) in [6.45, 7) is 9.04. The van der Waals surface area contributed by atoms with Crippen molar-refractivity contribution in [1.82, 2.24) is 20.4 Å². The average molecular weight is 817 g/mol. The molecule has 0 saturated heterocycles. The van der Waals surface area contributed by atoms with Gasteiger partial charge in [-0.3, -0.25) is 19.2 Å². The highest BCUT2D eigenvalue weighted by Gasteiger charge is 2.38. The van der Waals surface area contributed by atoms with E-state index in [-0.39, 0.29) is 35.1 Å². The lowest BCUT2D eigenvalue weighted by molar-refractivity contribution is -0.142. The second kappa shape index (κ2) is 19.6. The van der Waals surface area contributed by atoms with Gasteiger partial charge in [0.15, 0.2) is 0 Å². The number of aryl methyl sites for hydroxylation is 4. The van der Waals surface area contributed by atoms with Gasteiger partial charge in [0.25, 0.3) is 0 Å². The Morgan fingerprint density at radius 3 is 1.27 bits per heavy atom. The second-order valence-corrected chi connectivity index (χ2v) is 16.6. The second-order valence-electron chi connectivity index (χ2n) is 16.6. The number of carbonyl (C=O) groups is 4. The van der Waals surface area contributed by atoms with Crippen LogP contribution in [-0.2, 0) is 58.0 Å². The lowest BCUT2D eigenvalue weighted by Crippen LogP contribution is -2.56. The molecule has 318 valence electrons. The van der Waals surface area contributed by atoms with Gasteiger partial charge in [-0.2, -0.15) is 0 Å². The van der Waals surface area contributed by atoms with Gasteiger partial charge in [0.05, 0.1) is 12.1 Å². The molecule has 4 aromatic carbocycles. The van der Waals surface area contributed by atoms with Gasteiger partial charge < -0.3 is 42.1 Å². The molecule has 6 rings (SSSR count). The summed E-state index contributed by atoms with van der Waals surface area (Å²) in [7, 11) is 0. The molecule has 0 fully saturated rings. The summed E-state index contributed by atoms with van der Waals surface area (Å²) in [6.07, 6.45) is 4.51. The molecule has 2 aliphatic heterocycles. The third-order valence-corrected chi connectivity index (χ3v) is 12.2. The number of fused-ring (bicyclic) bond motifs is 2. The van der Waals surface area contributed by atoms with Crippen molar-refractivity contribution >= 4 is 23.6 Å². The van der Waals surface area contributed by atoms with E-state index in [0.29, 0.717) is 51.9 Å². The Kier molecular flexibility index (Phi) is 14.3. The van der Waals surface area contributed by atoms with Gasteiger partial charge in [0, 0.05) is 39.0 Å². The van der Waals surface area contributed by atoms with Crippen LogP contribution in [0.4, 0.5) is 0 Å². The molecule has 4 atom stereocenters. The third kappa shape index (κ3) is 10.3. The third-order valence-electron chi connectivity index (χ3n) is 12.2. The van der Waals surface area contributed by atoms with Crippen LogP contribution in [0.3, 0.4) is 0 Å². The minimum absolute atomic E-state index is 0.170. The van der Waals surface area contributed by atoms with Gasteiger partial charge in [-0.05, 0) is 133 Å². The number of carbonyl (C=O) groups excluding carboxylic acids is 4. The molecule has 0 spiro atoms. The molecule has 2 heterocycles. The van der Waals surface area contributed by atoms with Crippen molar-refractivity contribution in [3.8, 4) is 11.5 Å². The number of phenols is 2. The molecule has 4 aromatic rings. The predicted molar refractivity (Wildman–Crippen MR) is 232 cm³/mol. The van der Waals surface area contributed by atoms with E-state index in [1.54, 1.807) is 34.1 Å². The van der Waals surface area contributed by atoms with Crippen molar-refractivity contribution in [3.63, 3.8) is 0 Å². The number of nitrogens with two attached hydrogens (primary N) is 2. The number of unbranched alkanes of at least 4 members (excludes halogenated alkanes) is 3. The van der Waals surface area contributed by atoms with Crippen LogP contribution in [0.2, 0.25) is 0 Å². The zero-order valence-electron chi connectivity index (χ0n) is 35.3. The van der Waals surface area contributed by atoms with E-state index in [4.69, 9.17) is 11.5 Å². The zero-order chi connectivity index (χ0) is 43.1. The first-order valence-corrected chi connectivity index (χ1v) is 21.1. The summed E-state index contributed by atoms with van der Waals surface area (Å²) in [5.74, 6) is -0.659. The zero-order valence-corrected chi connectivity index (χ0v) is 35.3. The maximum absolute atomic E-state index is 13.9. The SMILES string of the molecule is Cc1cc(O)cc(C)c1C[C@H](N)C(=O)N1Cc2ccccc2C[C@H]1C(=O)NCCCCCCNC(=O)[C@@H]1Cc2ccccc2CN1C(=O)[C@@H](N)Cc1c(C)cc(O)cc1C. The lowest BCUT2D eigenvalue weighted by Gasteiger charge is -2.37. The molecule has 12 heteroatoms. The van der Waals surface area contributed by atoms with Crippen LogP contribution < -0.4 is 22.1 Å². The number of amides is 4. The quantitative estimate of drug-likeness (QED) is 0.0948. The van der Waals surface area contributed by atoms with E-state index in [9.17, 15) is 29.4 Å². The van der Waals surface area contributed by atoms with Gasteiger partial charge in [-0.1, -0.05) is 61.4 Å². The van der Waals surface area contributed by atoms with Crippen LogP contribution in [0.1, 0.15) is 81.3 Å². The molecule has 0 bridgehead atoms. The number of hydrogen-bond acceptors (Lipinski definition) is 8. The molecule has 4 amide bonds. The topological polar surface area (TPSA) is 191 Å². The van der Waals surface area contributed by atoms with Gasteiger partial charge in [0.1, 0.15) is 23.6 Å². The van der Waals surface area contributed by atoms with E-state index in [2.05, 4.69) is 10.6 Å². The molecule has 12 nitrogen and oxygen atoms in total. The van der Waals surface area contributed by atoms with E-state index in [1.807, 2.05) is 76.2 Å². The van der Waals surface area contributed by atoms with Gasteiger partial charge in [0.2, 0.25) is 23.6 Å². The van der Waals surface area contributed by atoms with E-state index in [0.717, 1.165) is 81.3 Å². The Balaban J connectivity index is 0.981. The highest BCUT2D eigenvalue weighted by molar-refractivity contribution is 5.91. The van der Waals surface area contributed by atoms with Crippen LogP contribution >= 0.6 is 0 Å². The van der Waals surface area contributed by atoms with Crippen molar-refractivity contribution in [2.75, 3.05) is 13.1 Å². The summed E-state index contributed by atoms with van der Waals surface area (Å²) in [6, 6.07) is 19.3. The first-order chi connectivity index (χ1) is 28.7. The largest absolute Gasteiger partial charge is 0.508 e. The number of benzene rings is 4. The normalized spacial score (nSPS) is 17.0. The van der Waals surface area contributed by atoms with E-state index >= 15 is 0 Å². The van der Waals surface area contributed by atoms with Crippen LogP contribution in [0.15, 0.2) is 72.8 Å². The predicted octanol–water partition coefficient (Wildman–Crippen LogP) is 4.47. The molecule has 0 aromatic heterocycles. The van der Waals surface area contributed by atoms with Crippen molar-refractivity contribution in [3.05, 3.63) is 128 Å². The lowest BCUT2D eigenvalue weighted by atomic mass is 9.91. The van der Waals surface area contributed by atoms with Gasteiger partial charge in [-0.25, -0.2) is 0 Å². The first kappa shape index (κ1) is 43.8. The number of rotatable bonds is 15. The van der Waals surface area contributed by atoms with Gasteiger partial charge >= 0.3 is 0 Å². The van der Waals surface area contributed by atoms with Crippen molar-refractivity contribution in [2.45, 2.75) is 116 Å². The fourth-order valence-electron chi connectivity index (χ4n) is 8.87. The fourth-order valence-corrected chi connectivity index (χ4v) is 8.87. The van der Waals surface area contributed by atoms with E-state index < -0.39 is 24.2 Å². The first-order valence-electron chi connectivity index (χ1n) is 21.1. The Bertz CT molecular complexity index is 2020. The minimum Gasteiger partial charge on any atom is -0.508 e. The Hall–Kier alpha value is -5.72. The Morgan fingerprint density at radius 1 is 0.583 bits per heavy atom. The number of phenolic OH excluding ortho intramolecular Hbond substituents is 2. The van der Waals surface area contributed by atoms with Crippen molar-refractivity contribution in [2.24, 2.45) is 11.5 Å². The van der Waals surface area contributed by atoms with Crippen molar-refractivity contribution in [1.29, 1.82) is 0 Å². The van der Waals surface area contributed by atoms with Crippen LogP contribution in [0.25, 0.3) is 0 Å². The molecule has 0 radical (unpaired) electrons. The summed E-state index contributed by atoms with van der Waals surface area (Å²) in [5.41, 5.74) is 22.4. The number of nitrogens with zero attached hydrogens (tertiary/aromatic N) is 2. The molecular formula is C48H60N6O6. The summed E-state index contributed by atoms with van der Waals surface area (Å²) >= 11 is 0. The van der Waals surface area contributed by atoms with Crippen molar-refractivity contribution < 1.29 is 29.4 Å². The highest BCUT2D eigenvalue weighted by atomic mass is 16.3. The standard InChI is InChI=1S/C48H60N6O6/c1-29-19-37(55)20-30(2)39(29)25-41(49)47(59)53-27-35-15-9-7-13-33(35)23-43(53)45(57)51-17-11-5-6-12-18-52-46(58)44-24-34-14-8-10-16-36(34)28-54(44)48(60)42(50)26-40-31(3)21-38(56)22-32(40)4/h7-10,13-16,19-22,41-44,55-56H,5-6,11-12,17-18,23-28,49-50H2,1-4H3,(H,51,57)(H,52,58)/t41-,42-,43-,44-/m0/s1. The molecule has 0 unspecified atom stereocenters. The summed E-state index contributed by atoms with van der Waals surface area (Å²) < 4.78 is 0. The number of hydrogen-bond donors (Lipinski definition) is 6. The molecule has 60 heavy (non-hydrogen) atoms.